The second kappa shape index (κ2) is 11.7. The highest BCUT2D eigenvalue weighted by Crippen LogP contribution is 1.91. The van der Waals surface area contributed by atoms with Crippen LogP contribution in [0.5, 0.6) is 0 Å². The van der Waals surface area contributed by atoms with Gasteiger partial charge in [0.05, 0.1) is 0 Å². The van der Waals surface area contributed by atoms with Crippen molar-refractivity contribution in [1.29, 1.82) is 0 Å². The molecule has 13 heavy (non-hydrogen) atoms. The molecule has 2 aromatic rings. The fourth-order valence-electron chi connectivity index (χ4n) is 0.612. The molecule has 1 heterocycles. The Bertz CT molecular complexity index is 199. The van der Waals surface area contributed by atoms with Crippen LogP contribution in [0.1, 0.15) is 0 Å². The van der Waals surface area contributed by atoms with Crippen LogP contribution in [0.3, 0.4) is 0 Å². The first-order chi connectivity index (χ1) is 5.50. The first-order valence-corrected chi connectivity index (χ1v) is 4.41. The van der Waals surface area contributed by atoms with E-state index in [1.54, 1.807) is 11.3 Å². The zero-order chi connectivity index (χ0) is 7.78. The lowest BCUT2D eigenvalue weighted by Crippen LogP contribution is -1.47. The van der Waals surface area contributed by atoms with E-state index in [1.807, 2.05) is 59.3 Å². The van der Waals surface area contributed by atoms with Crippen LogP contribution in [-0.4, -0.2) is 0 Å². The highest BCUT2D eigenvalue weighted by Gasteiger charge is 1.58. The molecular formula is C10H15PS2. The van der Waals surface area contributed by atoms with Crippen LogP contribution in [-0.2, 0) is 0 Å². The van der Waals surface area contributed by atoms with Crippen LogP contribution in [0.15, 0.2) is 59.3 Å². The van der Waals surface area contributed by atoms with Crippen molar-refractivity contribution in [3.63, 3.8) is 0 Å². The molecule has 0 nitrogen and oxygen atoms in total. The second-order valence-electron chi connectivity index (χ2n) is 1.95. The lowest BCUT2D eigenvalue weighted by atomic mass is 10.4. The summed E-state index contributed by atoms with van der Waals surface area (Å²) in [6, 6.07) is 16.0. The molecule has 72 valence electrons. The van der Waals surface area contributed by atoms with E-state index in [2.05, 4.69) is 0 Å². The van der Waals surface area contributed by atoms with Crippen molar-refractivity contribution in [2.24, 2.45) is 0 Å². The molecule has 0 saturated heterocycles. The highest BCUT2D eigenvalue weighted by atomic mass is 32.1. The molecule has 1 aromatic carbocycles. The Labute approximate surface area is 94.1 Å². The van der Waals surface area contributed by atoms with Crippen molar-refractivity contribution in [2.75, 3.05) is 0 Å². The van der Waals surface area contributed by atoms with Gasteiger partial charge in [-0.1, -0.05) is 48.5 Å². The van der Waals surface area contributed by atoms with Gasteiger partial charge in [0.1, 0.15) is 0 Å². The normalized spacial score (nSPS) is 6.77. The Hall–Kier alpha value is -0.300. The van der Waals surface area contributed by atoms with E-state index in [9.17, 15) is 0 Å². The lowest BCUT2D eigenvalue weighted by Gasteiger charge is -1.69. The second-order valence-corrected chi connectivity index (χ2v) is 2.76. The summed E-state index contributed by atoms with van der Waals surface area (Å²) in [5.74, 6) is 0. The molecule has 0 radical (unpaired) electrons. The SMILES string of the molecule is P.S.c1ccccc1.c1ccsc1. The number of benzene rings is 1. The molecule has 0 saturated carbocycles. The first kappa shape index (κ1) is 15.2. The predicted octanol–water partition coefficient (Wildman–Crippen LogP) is 3.61. The Morgan fingerprint density at radius 3 is 1.00 bits per heavy atom. The van der Waals surface area contributed by atoms with E-state index in [4.69, 9.17) is 0 Å². The maximum absolute atomic E-state index is 2.04. The zero-order valence-corrected chi connectivity index (χ0v) is 10.6. The minimum Gasteiger partial charge on any atom is -0.197 e. The molecule has 3 heteroatoms. The van der Waals surface area contributed by atoms with Gasteiger partial charge >= 0.3 is 0 Å². The van der Waals surface area contributed by atoms with Crippen LogP contribution < -0.4 is 0 Å². The Kier molecular flexibility index (Phi) is 13.7. The van der Waals surface area contributed by atoms with Gasteiger partial charge in [-0.25, -0.2) is 0 Å². The van der Waals surface area contributed by atoms with E-state index in [-0.39, 0.29) is 23.4 Å². The monoisotopic (exact) mass is 230 g/mol. The number of hydrogen-bond acceptors (Lipinski definition) is 1. The third kappa shape index (κ3) is 9.62. The maximum atomic E-state index is 2.04. The Morgan fingerprint density at radius 2 is 0.846 bits per heavy atom. The van der Waals surface area contributed by atoms with Gasteiger partial charge in [0.2, 0.25) is 0 Å². The molecule has 1 unspecified atom stereocenters. The average Bonchev–Trinajstić information content (AvgIpc) is 2.64. The highest BCUT2D eigenvalue weighted by molar-refractivity contribution is 7.59. The molecule has 0 fully saturated rings. The Balaban J connectivity index is 0. The van der Waals surface area contributed by atoms with Gasteiger partial charge in [0, 0.05) is 0 Å². The lowest BCUT2D eigenvalue weighted by molar-refractivity contribution is 1.72. The van der Waals surface area contributed by atoms with E-state index < -0.39 is 0 Å². The van der Waals surface area contributed by atoms with E-state index in [1.165, 1.54) is 0 Å². The molecule has 0 amide bonds. The molecule has 0 spiro atoms. The standard InChI is InChI=1S/C6H6.C4H4S.H3P.H2S/c1-2-4-6-5-3-1;1-2-4-5-3-1;;/h1-6H;1-4H;1H3;1H2. The minimum absolute atomic E-state index is 0. The third-order valence-electron chi connectivity index (χ3n) is 1.09. The van der Waals surface area contributed by atoms with Crippen molar-refractivity contribution < 1.29 is 0 Å². The Morgan fingerprint density at radius 1 is 0.538 bits per heavy atom. The van der Waals surface area contributed by atoms with Crippen LogP contribution in [0.2, 0.25) is 0 Å². The zero-order valence-electron chi connectivity index (χ0n) is 7.39. The van der Waals surface area contributed by atoms with Crippen molar-refractivity contribution in [3.8, 4) is 0 Å². The molecule has 0 aliphatic rings. The molecular weight excluding hydrogens is 215 g/mol. The van der Waals surface area contributed by atoms with Crippen LogP contribution in [0.25, 0.3) is 0 Å². The van der Waals surface area contributed by atoms with E-state index in [0.29, 0.717) is 0 Å². The molecule has 2 rings (SSSR count). The van der Waals surface area contributed by atoms with Gasteiger partial charge in [0.15, 0.2) is 0 Å². The first-order valence-electron chi connectivity index (χ1n) is 3.47. The molecule has 0 bridgehead atoms. The van der Waals surface area contributed by atoms with Crippen molar-refractivity contribution in [1.82, 2.24) is 0 Å². The summed E-state index contributed by atoms with van der Waals surface area (Å²) in [6.45, 7) is 0. The minimum atomic E-state index is 0. The molecule has 1 atom stereocenters. The van der Waals surface area contributed by atoms with Crippen LogP contribution in [0.4, 0.5) is 0 Å². The summed E-state index contributed by atoms with van der Waals surface area (Å²) >= 11 is 1.71. The fourth-order valence-corrected chi connectivity index (χ4v) is 1.07. The number of rotatable bonds is 0. The van der Waals surface area contributed by atoms with Crippen LogP contribution in [0, 0.1) is 0 Å². The van der Waals surface area contributed by atoms with Gasteiger partial charge in [-0.3, -0.25) is 0 Å². The molecule has 0 aliphatic heterocycles. The molecule has 0 N–H and O–H groups in total. The number of hydrogen-bond donors (Lipinski definition) is 0. The van der Waals surface area contributed by atoms with Crippen molar-refractivity contribution in [3.05, 3.63) is 59.3 Å². The summed E-state index contributed by atoms with van der Waals surface area (Å²) in [4.78, 5) is 0. The number of thiophene rings is 1. The van der Waals surface area contributed by atoms with Gasteiger partial charge in [-0.2, -0.15) is 34.7 Å². The van der Waals surface area contributed by atoms with Crippen LogP contribution >= 0.6 is 34.7 Å². The summed E-state index contributed by atoms with van der Waals surface area (Å²) in [5, 5.41) is 4.08. The summed E-state index contributed by atoms with van der Waals surface area (Å²) in [7, 11) is 0. The summed E-state index contributed by atoms with van der Waals surface area (Å²) in [6.07, 6.45) is 0. The topological polar surface area (TPSA) is 0 Å². The largest absolute Gasteiger partial charge is 0.197 e. The van der Waals surface area contributed by atoms with Gasteiger partial charge in [-0.05, 0) is 10.8 Å². The molecule has 1 aromatic heterocycles. The summed E-state index contributed by atoms with van der Waals surface area (Å²) < 4.78 is 0. The average molecular weight is 230 g/mol. The van der Waals surface area contributed by atoms with E-state index in [0.717, 1.165) is 0 Å². The van der Waals surface area contributed by atoms with Crippen molar-refractivity contribution in [2.45, 2.75) is 0 Å². The third-order valence-corrected chi connectivity index (χ3v) is 1.72. The molecule has 0 aliphatic carbocycles. The smallest absolute Gasteiger partial charge is 0.00934 e. The van der Waals surface area contributed by atoms with E-state index >= 15 is 0 Å². The fraction of sp³-hybridized carbons (Fsp3) is 0. The predicted molar refractivity (Wildman–Crippen MR) is 72.2 cm³/mol. The van der Waals surface area contributed by atoms with Gasteiger partial charge in [-0.15, -0.1) is 0 Å². The maximum Gasteiger partial charge on any atom is -0.00934 e. The van der Waals surface area contributed by atoms with Gasteiger partial charge in [0.25, 0.3) is 0 Å². The van der Waals surface area contributed by atoms with Crippen molar-refractivity contribution >= 4 is 34.7 Å². The quantitative estimate of drug-likeness (QED) is 0.607. The summed E-state index contributed by atoms with van der Waals surface area (Å²) in [5.41, 5.74) is 0. The van der Waals surface area contributed by atoms with Gasteiger partial charge < -0.3 is 0 Å².